The van der Waals surface area contributed by atoms with E-state index in [0.29, 0.717) is 36.8 Å². The number of alkyl halides is 2. The quantitative estimate of drug-likeness (QED) is 0.128. The lowest BCUT2D eigenvalue weighted by Gasteiger charge is -2.13. The number of halogens is 3. The van der Waals surface area contributed by atoms with E-state index in [2.05, 4.69) is 25.1 Å². The van der Waals surface area contributed by atoms with Crippen LogP contribution in [0.4, 0.5) is 8.78 Å². The molecule has 0 aliphatic heterocycles. The standard InChI is InChI=1S/C20H31F2N3O4.HI/c1-4-23-20(24-12-8-6-5-7-9-18(26)28-3)25-14-15-13-16(27-2)10-11-17(15)29-19(21)22;/h10-11,13,19H,4-9,12,14H2,1-3H3,(H2,23,24,25);1H. The maximum atomic E-state index is 12.6. The van der Waals surface area contributed by atoms with Crippen LogP contribution in [0.15, 0.2) is 23.2 Å². The summed E-state index contributed by atoms with van der Waals surface area (Å²) >= 11 is 0. The molecule has 0 bridgehead atoms. The normalized spacial score (nSPS) is 10.9. The van der Waals surface area contributed by atoms with Crippen LogP contribution in [0.2, 0.25) is 0 Å². The number of carbonyl (C=O) groups excluding carboxylic acids is 1. The molecule has 1 rings (SSSR count). The minimum absolute atomic E-state index is 0. The number of carbonyl (C=O) groups is 1. The minimum Gasteiger partial charge on any atom is -0.497 e. The number of guanidine groups is 1. The number of nitrogens with one attached hydrogen (secondary N) is 2. The van der Waals surface area contributed by atoms with E-state index in [1.165, 1.54) is 20.3 Å². The fourth-order valence-corrected chi connectivity index (χ4v) is 2.58. The van der Waals surface area contributed by atoms with E-state index in [1.54, 1.807) is 12.1 Å². The summed E-state index contributed by atoms with van der Waals surface area (Å²) in [7, 11) is 2.90. The zero-order valence-electron chi connectivity index (χ0n) is 17.7. The molecule has 0 saturated carbocycles. The van der Waals surface area contributed by atoms with E-state index in [4.69, 9.17) is 4.74 Å². The second-order valence-electron chi connectivity index (χ2n) is 6.21. The number of rotatable bonds is 13. The van der Waals surface area contributed by atoms with E-state index in [9.17, 15) is 13.6 Å². The van der Waals surface area contributed by atoms with Gasteiger partial charge in [-0.15, -0.1) is 24.0 Å². The van der Waals surface area contributed by atoms with Crippen LogP contribution in [0.3, 0.4) is 0 Å². The second-order valence-corrected chi connectivity index (χ2v) is 6.21. The number of benzene rings is 1. The van der Waals surface area contributed by atoms with Crippen molar-refractivity contribution >= 4 is 35.9 Å². The number of esters is 1. The van der Waals surface area contributed by atoms with Gasteiger partial charge in [-0.25, -0.2) is 4.99 Å². The molecule has 0 atom stereocenters. The molecule has 0 aliphatic rings. The van der Waals surface area contributed by atoms with Gasteiger partial charge in [0.25, 0.3) is 0 Å². The van der Waals surface area contributed by atoms with E-state index in [1.807, 2.05) is 6.92 Å². The summed E-state index contributed by atoms with van der Waals surface area (Å²) in [6.07, 6.45) is 4.10. The molecule has 0 radical (unpaired) electrons. The molecule has 0 aliphatic carbocycles. The van der Waals surface area contributed by atoms with Crippen LogP contribution in [0, 0.1) is 0 Å². The molecule has 0 fully saturated rings. The number of ether oxygens (including phenoxy) is 3. The Kier molecular flexibility index (Phi) is 15.9. The summed E-state index contributed by atoms with van der Waals surface area (Å²) < 4.78 is 39.6. The highest BCUT2D eigenvalue weighted by molar-refractivity contribution is 14.0. The van der Waals surface area contributed by atoms with Crippen molar-refractivity contribution in [2.24, 2.45) is 4.99 Å². The maximum absolute atomic E-state index is 12.6. The molecule has 0 aromatic heterocycles. The van der Waals surface area contributed by atoms with Crippen LogP contribution in [0.25, 0.3) is 0 Å². The third-order valence-corrected chi connectivity index (χ3v) is 4.06. The van der Waals surface area contributed by atoms with Crippen molar-refractivity contribution in [3.63, 3.8) is 0 Å². The van der Waals surface area contributed by atoms with Crippen molar-refractivity contribution in [2.45, 2.75) is 52.2 Å². The number of unbranched alkanes of at least 4 members (excludes halogenated alkanes) is 3. The average molecular weight is 543 g/mol. The van der Waals surface area contributed by atoms with Crippen LogP contribution in [0.1, 0.15) is 44.6 Å². The summed E-state index contributed by atoms with van der Waals surface area (Å²) in [6, 6.07) is 4.64. The highest BCUT2D eigenvalue weighted by Gasteiger charge is 2.11. The summed E-state index contributed by atoms with van der Waals surface area (Å²) in [5.41, 5.74) is 0.504. The molecule has 0 saturated heterocycles. The van der Waals surface area contributed by atoms with Crippen LogP contribution in [-0.4, -0.2) is 45.8 Å². The monoisotopic (exact) mass is 543 g/mol. The molecule has 30 heavy (non-hydrogen) atoms. The van der Waals surface area contributed by atoms with Crippen molar-refractivity contribution in [1.82, 2.24) is 10.6 Å². The summed E-state index contributed by atoms with van der Waals surface area (Å²) in [5, 5.41) is 6.34. The number of methoxy groups -OCH3 is 2. The highest BCUT2D eigenvalue weighted by atomic mass is 127. The topological polar surface area (TPSA) is 81.2 Å². The molecular weight excluding hydrogens is 511 g/mol. The molecule has 0 unspecified atom stereocenters. The lowest BCUT2D eigenvalue weighted by Crippen LogP contribution is -2.37. The van der Waals surface area contributed by atoms with Crippen molar-refractivity contribution in [3.05, 3.63) is 23.8 Å². The Labute approximate surface area is 194 Å². The Morgan fingerprint density at radius 3 is 2.50 bits per heavy atom. The molecule has 2 N–H and O–H groups in total. The first kappa shape index (κ1) is 28.1. The Morgan fingerprint density at radius 2 is 1.87 bits per heavy atom. The van der Waals surface area contributed by atoms with Gasteiger partial charge >= 0.3 is 12.6 Å². The van der Waals surface area contributed by atoms with Crippen molar-refractivity contribution < 1.29 is 27.8 Å². The Hall–Kier alpha value is -1.85. The van der Waals surface area contributed by atoms with E-state index >= 15 is 0 Å². The number of aliphatic imine (C=N–C) groups is 1. The summed E-state index contributed by atoms with van der Waals surface area (Å²) in [5.74, 6) is 1.03. The lowest BCUT2D eigenvalue weighted by atomic mass is 10.1. The predicted octanol–water partition coefficient (Wildman–Crippen LogP) is 4.09. The summed E-state index contributed by atoms with van der Waals surface area (Å²) in [6.45, 7) is 0.581. The van der Waals surface area contributed by atoms with Gasteiger partial charge in [-0.2, -0.15) is 8.78 Å². The zero-order valence-corrected chi connectivity index (χ0v) is 20.0. The van der Waals surface area contributed by atoms with Gasteiger partial charge in [-0.3, -0.25) is 4.79 Å². The van der Waals surface area contributed by atoms with Gasteiger partial charge in [-0.05, 0) is 38.0 Å². The number of nitrogens with zero attached hydrogens (tertiary/aromatic N) is 1. The largest absolute Gasteiger partial charge is 0.497 e. The summed E-state index contributed by atoms with van der Waals surface area (Å²) in [4.78, 5) is 15.5. The molecule has 1 aromatic rings. The molecule has 172 valence electrons. The Balaban J connectivity index is 0.00000841. The van der Waals surface area contributed by atoms with Crippen LogP contribution in [-0.2, 0) is 16.1 Å². The van der Waals surface area contributed by atoms with Crippen molar-refractivity contribution in [1.29, 1.82) is 0 Å². The first-order chi connectivity index (χ1) is 14.0. The van der Waals surface area contributed by atoms with Crippen molar-refractivity contribution in [2.75, 3.05) is 27.3 Å². The molecule has 7 nitrogen and oxygen atoms in total. The molecule has 0 amide bonds. The molecule has 10 heteroatoms. The van der Waals surface area contributed by atoms with Crippen LogP contribution >= 0.6 is 24.0 Å². The van der Waals surface area contributed by atoms with Crippen LogP contribution < -0.4 is 20.1 Å². The molecule has 0 spiro atoms. The minimum atomic E-state index is -2.91. The van der Waals surface area contributed by atoms with Gasteiger partial charge in [0.1, 0.15) is 11.5 Å². The molecule has 1 aromatic carbocycles. The predicted molar refractivity (Wildman–Crippen MR) is 123 cm³/mol. The number of hydrogen-bond donors (Lipinski definition) is 2. The van der Waals surface area contributed by atoms with Gasteiger partial charge in [0, 0.05) is 25.1 Å². The zero-order chi connectivity index (χ0) is 21.5. The van der Waals surface area contributed by atoms with E-state index in [-0.39, 0.29) is 42.2 Å². The van der Waals surface area contributed by atoms with Gasteiger partial charge < -0.3 is 24.8 Å². The van der Waals surface area contributed by atoms with Crippen molar-refractivity contribution in [3.8, 4) is 11.5 Å². The smallest absolute Gasteiger partial charge is 0.387 e. The second kappa shape index (κ2) is 16.9. The highest BCUT2D eigenvalue weighted by Crippen LogP contribution is 2.26. The van der Waals surface area contributed by atoms with Gasteiger partial charge in [-0.1, -0.05) is 12.8 Å². The molecular formula is C20H32F2IN3O4. The number of hydrogen-bond acceptors (Lipinski definition) is 5. The average Bonchev–Trinajstić information content (AvgIpc) is 2.71. The fraction of sp³-hybridized carbons (Fsp3) is 0.600. The fourth-order valence-electron chi connectivity index (χ4n) is 2.58. The SMILES string of the molecule is CCNC(=NCc1cc(OC)ccc1OC(F)F)NCCCCCCC(=O)OC.I. The molecule has 0 heterocycles. The Bertz CT molecular complexity index is 648. The Morgan fingerprint density at radius 1 is 1.13 bits per heavy atom. The third kappa shape index (κ3) is 12.0. The lowest BCUT2D eigenvalue weighted by molar-refractivity contribution is -0.140. The first-order valence-electron chi connectivity index (χ1n) is 9.70. The third-order valence-electron chi connectivity index (χ3n) is 4.06. The van der Waals surface area contributed by atoms with Gasteiger partial charge in [0.15, 0.2) is 5.96 Å². The van der Waals surface area contributed by atoms with Gasteiger partial charge in [0.2, 0.25) is 0 Å². The maximum Gasteiger partial charge on any atom is 0.387 e. The van der Waals surface area contributed by atoms with E-state index in [0.717, 1.165) is 25.7 Å². The first-order valence-corrected chi connectivity index (χ1v) is 9.70. The van der Waals surface area contributed by atoms with E-state index < -0.39 is 6.61 Å². The van der Waals surface area contributed by atoms with Crippen LogP contribution in [0.5, 0.6) is 11.5 Å². The van der Waals surface area contributed by atoms with Gasteiger partial charge in [0.05, 0.1) is 20.8 Å².